The first kappa shape index (κ1) is 23.4. The molecule has 2 aromatic carbocycles. The van der Waals surface area contributed by atoms with Crippen molar-refractivity contribution in [2.24, 2.45) is 5.92 Å². The number of ether oxygens (including phenoxy) is 2. The van der Waals surface area contributed by atoms with E-state index in [2.05, 4.69) is 17.1 Å². The van der Waals surface area contributed by atoms with Crippen molar-refractivity contribution in [1.82, 2.24) is 10.2 Å². The molecule has 2 rings (SSSR count). The Bertz CT molecular complexity index is 795. The van der Waals surface area contributed by atoms with Crippen LogP contribution in [0.4, 0.5) is 4.79 Å². The number of nitrogens with zero attached hydrogens (tertiary/aromatic N) is 1. The standard InChI is InChI=1S/C24H32N2O4/c1-5-29-22(27)17-25-23(28)30-24(19(2)18-26(3)4,21-14-10-7-11-15-21)16-20-12-8-6-9-13-20/h6-15,19H,5,16-18H2,1-4H3,(H,25,28)/t19-,24+/m1/s1. The monoisotopic (exact) mass is 412 g/mol. The molecule has 0 bridgehead atoms. The number of nitrogens with one attached hydrogen (secondary N) is 1. The minimum absolute atomic E-state index is 0.0246. The van der Waals surface area contributed by atoms with Gasteiger partial charge in [0.15, 0.2) is 0 Å². The van der Waals surface area contributed by atoms with Gasteiger partial charge in [-0.25, -0.2) is 4.79 Å². The van der Waals surface area contributed by atoms with Crippen molar-refractivity contribution >= 4 is 12.1 Å². The Morgan fingerprint density at radius 2 is 1.63 bits per heavy atom. The Balaban J connectivity index is 2.39. The van der Waals surface area contributed by atoms with E-state index in [1.807, 2.05) is 74.8 Å². The second-order valence-corrected chi connectivity index (χ2v) is 7.63. The van der Waals surface area contributed by atoms with E-state index >= 15 is 0 Å². The lowest BCUT2D eigenvalue weighted by Gasteiger charge is -2.40. The van der Waals surface area contributed by atoms with Gasteiger partial charge in [-0.1, -0.05) is 67.6 Å². The van der Waals surface area contributed by atoms with Gasteiger partial charge in [-0.2, -0.15) is 0 Å². The first-order valence-corrected chi connectivity index (χ1v) is 10.2. The quantitative estimate of drug-likeness (QED) is 0.604. The molecule has 6 heteroatoms. The van der Waals surface area contributed by atoms with Crippen LogP contribution in [0.1, 0.15) is 25.0 Å². The highest BCUT2D eigenvalue weighted by molar-refractivity contribution is 5.78. The van der Waals surface area contributed by atoms with Crippen LogP contribution in [0.15, 0.2) is 60.7 Å². The predicted molar refractivity (Wildman–Crippen MR) is 117 cm³/mol. The van der Waals surface area contributed by atoms with Gasteiger partial charge in [0.05, 0.1) is 6.61 Å². The molecule has 0 radical (unpaired) electrons. The predicted octanol–water partition coefficient (Wildman–Crippen LogP) is 3.61. The number of amides is 1. The van der Waals surface area contributed by atoms with Crippen LogP contribution >= 0.6 is 0 Å². The molecular formula is C24H32N2O4. The average molecular weight is 413 g/mol. The summed E-state index contributed by atoms with van der Waals surface area (Å²) in [5.41, 5.74) is 1.06. The Labute approximate surface area is 179 Å². The summed E-state index contributed by atoms with van der Waals surface area (Å²) in [6.07, 6.45) is -0.131. The first-order valence-electron chi connectivity index (χ1n) is 10.2. The zero-order valence-electron chi connectivity index (χ0n) is 18.3. The van der Waals surface area contributed by atoms with Gasteiger partial charge in [-0.3, -0.25) is 4.79 Å². The highest BCUT2D eigenvalue weighted by Gasteiger charge is 2.42. The normalized spacial score (nSPS) is 13.9. The minimum Gasteiger partial charge on any atom is -0.465 e. The summed E-state index contributed by atoms with van der Waals surface area (Å²) in [5, 5.41) is 2.54. The Kier molecular flexibility index (Phi) is 8.87. The number of esters is 1. The van der Waals surface area contributed by atoms with Gasteiger partial charge in [0.2, 0.25) is 0 Å². The Morgan fingerprint density at radius 1 is 1.03 bits per heavy atom. The number of hydrogen-bond acceptors (Lipinski definition) is 5. The third kappa shape index (κ3) is 6.59. The molecule has 1 amide bonds. The molecule has 0 saturated carbocycles. The molecule has 0 spiro atoms. The smallest absolute Gasteiger partial charge is 0.408 e. The molecule has 0 fully saturated rings. The molecule has 30 heavy (non-hydrogen) atoms. The van der Waals surface area contributed by atoms with Gasteiger partial charge >= 0.3 is 12.1 Å². The van der Waals surface area contributed by atoms with Crippen molar-refractivity contribution in [1.29, 1.82) is 0 Å². The van der Waals surface area contributed by atoms with Gasteiger partial charge in [0.1, 0.15) is 12.1 Å². The van der Waals surface area contributed by atoms with Crippen LogP contribution in [0.2, 0.25) is 0 Å². The summed E-state index contributed by atoms with van der Waals surface area (Å²) in [4.78, 5) is 26.5. The van der Waals surface area contributed by atoms with Crippen LogP contribution in [0.25, 0.3) is 0 Å². The number of benzene rings is 2. The number of hydrogen-bond donors (Lipinski definition) is 1. The molecule has 2 atom stereocenters. The van der Waals surface area contributed by atoms with E-state index < -0.39 is 17.7 Å². The fourth-order valence-electron chi connectivity index (χ4n) is 3.63. The van der Waals surface area contributed by atoms with Crippen molar-refractivity contribution in [2.45, 2.75) is 25.9 Å². The Hall–Kier alpha value is -2.86. The van der Waals surface area contributed by atoms with Crippen LogP contribution in [0.5, 0.6) is 0 Å². The van der Waals surface area contributed by atoms with E-state index in [0.717, 1.165) is 11.1 Å². The molecule has 6 nitrogen and oxygen atoms in total. The molecule has 0 aliphatic rings. The first-order chi connectivity index (χ1) is 14.4. The second-order valence-electron chi connectivity index (χ2n) is 7.63. The number of rotatable bonds is 10. The fourth-order valence-corrected chi connectivity index (χ4v) is 3.63. The van der Waals surface area contributed by atoms with Crippen LogP contribution in [0, 0.1) is 5.92 Å². The summed E-state index contributed by atoms with van der Waals surface area (Å²) in [7, 11) is 3.99. The minimum atomic E-state index is -0.911. The van der Waals surface area contributed by atoms with Gasteiger partial charge in [-0.05, 0) is 32.1 Å². The average Bonchev–Trinajstić information content (AvgIpc) is 2.73. The van der Waals surface area contributed by atoms with Crippen LogP contribution in [0.3, 0.4) is 0 Å². The SMILES string of the molecule is CCOC(=O)CNC(=O)O[C@](Cc1ccccc1)(c1ccccc1)[C@H](C)CN(C)C. The third-order valence-electron chi connectivity index (χ3n) is 4.96. The van der Waals surface area contributed by atoms with E-state index in [4.69, 9.17) is 9.47 Å². The molecule has 2 aromatic rings. The van der Waals surface area contributed by atoms with Crippen LogP contribution in [-0.4, -0.2) is 50.8 Å². The maximum Gasteiger partial charge on any atom is 0.408 e. The lowest BCUT2D eigenvalue weighted by atomic mass is 9.77. The summed E-state index contributed by atoms with van der Waals surface area (Å²) >= 11 is 0. The van der Waals surface area contributed by atoms with Gasteiger partial charge in [0, 0.05) is 18.9 Å². The topological polar surface area (TPSA) is 67.9 Å². The maximum atomic E-state index is 12.8. The summed E-state index contributed by atoms with van der Waals surface area (Å²) in [6.45, 7) is 4.54. The molecule has 0 saturated heterocycles. The van der Waals surface area contributed by atoms with Crippen molar-refractivity contribution < 1.29 is 19.1 Å². The van der Waals surface area contributed by atoms with Crippen molar-refractivity contribution in [3.05, 3.63) is 71.8 Å². The molecule has 0 aliphatic heterocycles. The Morgan fingerprint density at radius 3 is 2.20 bits per heavy atom. The van der Waals surface area contributed by atoms with Crippen LogP contribution < -0.4 is 5.32 Å². The number of alkyl carbamates (subject to hydrolysis) is 1. The van der Waals surface area contributed by atoms with E-state index in [9.17, 15) is 9.59 Å². The largest absolute Gasteiger partial charge is 0.465 e. The molecule has 0 unspecified atom stereocenters. The molecule has 0 aliphatic carbocycles. The molecular weight excluding hydrogens is 380 g/mol. The zero-order valence-corrected chi connectivity index (χ0v) is 18.3. The lowest BCUT2D eigenvalue weighted by Crippen LogP contribution is -2.47. The van der Waals surface area contributed by atoms with E-state index in [1.54, 1.807) is 6.92 Å². The van der Waals surface area contributed by atoms with Crippen molar-refractivity contribution in [3.8, 4) is 0 Å². The van der Waals surface area contributed by atoms with E-state index in [0.29, 0.717) is 13.0 Å². The lowest BCUT2D eigenvalue weighted by molar-refractivity contribution is -0.142. The second kappa shape index (κ2) is 11.4. The van der Waals surface area contributed by atoms with Crippen molar-refractivity contribution in [2.75, 3.05) is 33.8 Å². The highest BCUT2D eigenvalue weighted by atomic mass is 16.6. The fraction of sp³-hybridized carbons (Fsp3) is 0.417. The molecule has 0 aromatic heterocycles. The summed E-state index contributed by atoms with van der Waals surface area (Å²) in [6, 6.07) is 19.7. The molecule has 1 N–H and O–H groups in total. The molecule has 0 heterocycles. The van der Waals surface area contributed by atoms with Gasteiger partial charge in [0.25, 0.3) is 0 Å². The summed E-state index contributed by atoms with van der Waals surface area (Å²) in [5.74, 6) is -0.521. The maximum absolute atomic E-state index is 12.8. The zero-order chi connectivity index (χ0) is 22.0. The highest BCUT2D eigenvalue weighted by Crippen LogP contribution is 2.38. The van der Waals surface area contributed by atoms with E-state index in [-0.39, 0.29) is 19.1 Å². The summed E-state index contributed by atoms with van der Waals surface area (Å²) < 4.78 is 11.0. The third-order valence-corrected chi connectivity index (χ3v) is 4.96. The van der Waals surface area contributed by atoms with Crippen molar-refractivity contribution in [3.63, 3.8) is 0 Å². The van der Waals surface area contributed by atoms with Gasteiger partial charge in [-0.15, -0.1) is 0 Å². The number of carbonyl (C=O) groups excluding carboxylic acids is 2. The molecule has 162 valence electrons. The van der Waals surface area contributed by atoms with Crippen LogP contribution in [-0.2, 0) is 26.3 Å². The van der Waals surface area contributed by atoms with Gasteiger partial charge < -0.3 is 19.7 Å². The number of carbonyl (C=O) groups is 2. The van der Waals surface area contributed by atoms with E-state index in [1.165, 1.54) is 0 Å².